The summed E-state index contributed by atoms with van der Waals surface area (Å²) in [4.78, 5) is 0. The van der Waals surface area contributed by atoms with E-state index in [9.17, 15) is 0 Å². The van der Waals surface area contributed by atoms with Gasteiger partial charge in [0.05, 0.1) is 0 Å². The van der Waals surface area contributed by atoms with Crippen molar-refractivity contribution in [2.24, 2.45) is 0 Å². The van der Waals surface area contributed by atoms with Crippen molar-refractivity contribution in [2.45, 2.75) is 0 Å². The molecule has 0 aromatic carbocycles. The summed E-state index contributed by atoms with van der Waals surface area (Å²) in [5, 5.41) is 0. The van der Waals surface area contributed by atoms with Crippen molar-refractivity contribution >= 4 is 50.1 Å². The van der Waals surface area contributed by atoms with Gasteiger partial charge in [-0.2, -0.15) is 0 Å². The molecule has 0 aromatic rings. The first-order chi connectivity index (χ1) is 0. The van der Waals surface area contributed by atoms with Crippen LogP contribution in [0.5, 0.6) is 0 Å². The average molecular weight is 558 g/mol. The van der Waals surface area contributed by atoms with Crippen LogP contribution in [-0.2, 0) is 55.9 Å². The van der Waals surface area contributed by atoms with E-state index in [1.807, 2.05) is 0 Å². The van der Waals surface area contributed by atoms with Crippen LogP contribution in [0.3, 0.4) is 0 Å². The second kappa shape index (κ2) is 26.1. The van der Waals surface area contributed by atoms with Gasteiger partial charge in [-0.1, -0.05) is 0 Å². The second-order valence-corrected chi connectivity index (χ2v) is 0. The minimum absolute atomic E-state index is 0. The summed E-state index contributed by atoms with van der Waals surface area (Å²) < 4.78 is 0. The fourth-order valence-electron chi connectivity index (χ4n) is 0. The molecule has 0 saturated heterocycles. The van der Waals surface area contributed by atoms with Crippen molar-refractivity contribution in [3.8, 4) is 0 Å². The van der Waals surface area contributed by atoms with Crippen LogP contribution in [0.4, 0.5) is 0 Å². The monoisotopic (exact) mass is 557 g/mol. The van der Waals surface area contributed by atoms with Crippen LogP contribution in [-0.4, -0.2) is 50.1 Å². The van der Waals surface area contributed by atoms with Crippen molar-refractivity contribution in [3.05, 3.63) is 0 Å². The number of rotatable bonds is 0. The molecule has 0 N–H and O–H groups in total. The normalized spacial score (nSPS) is 0. The van der Waals surface area contributed by atoms with Crippen molar-refractivity contribution < 1.29 is 55.9 Å². The summed E-state index contributed by atoms with van der Waals surface area (Å²) in [7, 11) is 0. The van der Waals surface area contributed by atoms with Crippen molar-refractivity contribution in [1.82, 2.24) is 0 Å². The van der Waals surface area contributed by atoms with Gasteiger partial charge in [-0.05, 0) is 0 Å². The van der Waals surface area contributed by atoms with Crippen LogP contribution in [0.15, 0.2) is 0 Å². The Morgan fingerprint density at radius 3 is 1.00 bits per heavy atom. The Balaban J connectivity index is 0. The quantitative estimate of drug-likeness (QED) is 0.344. The molecule has 5 heavy (non-hydrogen) atoms. The van der Waals surface area contributed by atoms with Gasteiger partial charge >= 0.3 is 0 Å². The second-order valence-electron chi connectivity index (χ2n) is 0. The molecule has 9 radical (unpaired) electrons. The topological polar surface area (TPSA) is 0 Å². The first-order valence-corrected chi connectivity index (χ1v) is 0. The van der Waals surface area contributed by atoms with Crippen molar-refractivity contribution in [3.63, 3.8) is 0 Å². The van der Waals surface area contributed by atoms with Crippen LogP contribution in [0.1, 0.15) is 0 Å². The van der Waals surface area contributed by atoms with Crippen molar-refractivity contribution in [2.75, 3.05) is 0 Å². The molecule has 0 aliphatic carbocycles. The van der Waals surface area contributed by atoms with Gasteiger partial charge < -0.3 is 0 Å². The van der Waals surface area contributed by atoms with E-state index >= 15 is 0 Å². The van der Waals surface area contributed by atoms with Gasteiger partial charge in [0.1, 0.15) is 0 Å². The van der Waals surface area contributed by atoms with Gasteiger partial charge in [-0.3, -0.25) is 0 Å². The molecule has 0 spiro atoms. The number of hydrogen-bond acceptors (Lipinski definition) is 0. The van der Waals surface area contributed by atoms with Crippen molar-refractivity contribution in [1.29, 1.82) is 0 Å². The van der Waals surface area contributed by atoms with E-state index in [-0.39, 0.29) is 106 Å². The molecule has 0 aliphatic heterocycles. The van der Waals surface area contributed by atoms with Gasteiger partial charge in [0.2, 0.25) is 0 Å². The number of hydrogen-bond donors (Lipinski definition) is 0. The summed E-state index contributed by atoms with van der Waals surface area (Å²) in [6.45, 7) is 0. The summed E-state index contributed by atoms with van der Waals surface area (Å²) in [6, 6.07) is 0. The Morgan fingerprint density at radius 1 is 1.00 bits per heavy atom. The summed E-state index contributed by atoms with van der Waals surface area (Å²) in [6.07, 6.45) is 0. The Labute approximate surface area is 104 Å². The fourth-order valence-corrected chi connectivity index (χ4v) is 0. The molecule has 5 heteroatoms. The molecule has 0 heterocycles. The van der Waals surface area contributed by atoms with E-state index in [2.05, 4.69) is 0 Å². The van der Waals surface area contributed by atoms with E-state index < -0.39 is 0 Å². The molecule has 0 amide bonds. The summed E-state index contributed by atoms with van der Waals surface area (Å²) >= 11 is 0. The molecular weight excluding hydrogens is 558 g/mol. The van der Waals surface area contributed by atoms with Crippen LogP contribution >= 0.6 is 0 Å². The largest absolute Gasteiger partial charge is 0 e. The van der Waals surface area contributed by atoms with Crippen LogP contribution in [0.2, 0.25) is 0 Å². The molecular formula is AgBiCuNiSn. The minimum Gasteiger partial charge on any atom is 0 e. The molecule has 0 nitrogen and oxygen atoms in total. The van der Waals surface area contributed by atoms with E-state index in [1.165, 1.54) is 0 Å². The Hall–Kier alpha value is 3.44. The van der Waals surface area contributed by atoms with Gasteiger partial charge in [-0.15, -0.1) is 0 Å². The molecule has 0 saturated carbocycles. The zero-order chi connectivity index (χ0) is 0. The third-order valence-corrected chi connectivity index (χ3v) is 0. The zero-order valence-corrected chi connectivity index (χ0v) is 11.6. The maximum absolute atomic E-state index is 0. The Kier molecular flexibility index (Phi) is 206. The van der Waals surface area contributed by atoms with Crippen LogP contribution in [0.25, 0.3) is 0 Å². The summed E-state index contributed by atoms with van der Waals surface area (Å²) in [5.41, 5.74) is 0. The van der Waals surface area contributed by atoms with E-state index in [4.69, 9.17) is 0 Å². The van der Waals surface area contributed by atoms with E-state index in [0.717, 1.165) is 0 Å². The predicted molar refractivity (Wildman–Crippen MR) is 11.5 cm³/mol. The van der Waals surface area contributed by atoms with E-state index in [1.54, 1.807) is 0 Å². The first kappa shape index (κ1) is 39.5. The molecule has 0 atom stereocenters. The molecule has 41 valence electrons. The maximum atomic E-state index is 0. The third-order valence-electron chi connectivity index (χ3n) is 0. The van der Waals surface area contributed by atoms with E-state index in [0.29, 0.717) is 0 Å². The zero-order valence-electron chi connectivity index (χ0n) is 1.87. The standard InChI is InChI=1S/Ag.Bi.Cu.Ni.Sn. The predicted octanol–water partition coefficient (Wildman–Crippen LogP) is -0.769. The molecule has 0 unspecified atom stereocenters. The third kappa shape index (κ3) is 18.6. The minimum atomic E-state index is 0. The van der Waals surface area contributed by atoms with Gasteiger partial charge in [0.15, 0.2) is 0 Å². The molecule has 0 aromatic heterocycles. The smallest absolute Gasteiger partial charge is 0 e. The fraction of sp³-hybridized carbons (Fsp3) is 0. The molecule has 0 rings (SSSR count). The van der Waals surface area contributed by atoms with Gasteiger partial charge in [0, 0.05) is 106 Å². The Bertz CT molecular complexity index is 11.6. The molecule has 0 aliphatic rings. The maximum Gasteiger partial charge on any atom is 0 e. The van der Waals surface area contributed by atoms with Crippen LogP contribution in [0, 0.1) is 0 Å². The van der Waals surface area contributed by atoms with Gasteiger partial charge in [0.25, 0.3) is 0 Å². The SMILES string of the molecule is [Ag].[Bi].[Cu].[Ni].[Sn]. The van der Waals surface area contributed by atoms with Gasteiger partial charge in [-0.25, -0.2) is 0 Å². The average Bonchev–Trinajstić information content (AvgIpc) is 0. The first-order valence-electron chi connectivity index (χ1n) is 0. The van der Waals surface area contributed by atoms with Crippen LogP contribution < -0.4 is 0 Å². The Morgan fingerprint density at radius 2 is 1.00 bits per heavy atom. The summed E-state index contributed by atoms with van der Waals surface area (Å²) in [5.74, 6) is 0. The molecule has 0 bridgehead atoms. The molecule has 0 fully saturated rings.